The van der Waals surface area contributed by atoms with Crippen molar-refractivity contribution >= 4 is 56.5 Å². The maximum atomic E-state index is 12.1. The molecule has 1 amide bonds. The Morgan fingerprint density at radius 3 is 2.53 bits per heavy atom. The van der Waals surface area contributed by atoms with Crippen molar-refractivity contribution in [1.82, 2.24) is 0 Å². The van der Waals surface area contributed by atoms with Crippen molar-refractivity contribution in [3.05, 3.63) is 97.5 Å². The van der Waals surface area contributed by atoms with Crippen molar-refractivity contribution in [3.63, 3.8) is 0 Å². The summed E-state index contributed by atoms with van der Waals surface area (Å²) in [5.41, 5.74) is 2.07. The van der Waals surface area contributed by atoms with Crippen molar-refractivity contribution in [2.24, 2.45) is 0 Å². The normalized spacial score (nSPS) is 10.8. The van der Waals surface area contributed by atoms with Crippen molar-refractivity contribution in [2.45, 2.75) is 0 Å². The van der Waals surface area contributed by atoms with E-state index in [4.69, 9.17) is 16.3 Å². The highest BCUT2D eigenvalue weighted by molar-refractivity contribution is 9.10. The quantitative estimate of drug-likeness (QED) is 0.178. The molecule has 0 aliphatic rings. The molecule has 3 aromatic carbocycles. The van der Waals surface area contributed by atoms with Crippen LogP contribution in [0.15, 0.2) is 71.2 Å². The van der Waals surface area contributed by atoms with Gasteiger partial charge in [-0.05, 0) is 69.5 Å². The van der Waals surface area contributed by atoms with E-state index in [1.165, 1.54) is 24.3 Å². The number of amides is 1. The number of carbonyl (C=O) groups is 1. The van der Waals surface area contributed by atoms with Crippen molar-refractivity contribution in [3.8, 4) is 11.8 Å². The summed E-state index contributed by atoms with van der Waals surface area (Å²) in [6, 6.07) is 19.9. The largest absolute Gasteiger partial charge is 0.483 e. The van der Waals surface area contributed by atoms with Crippen molar-refractivity contribution < 1.29 is 14.5 Å². The summed E-state index contributed by atoms with van der Waals surface area (Å²) in [7, 11) is 0. The average Bonchev–Trinajstić information content (AvgIpc) is 2.78. The van der Waals surface area contributed by atoms with E-state index in [9.17, 15) is 20.2 Å². The van der Waals surface area contributed by atoms with Gasteiger partial charge >= 0.3 is 0 Å². The Kier molecular flexibility index (Phi) is 7.60. The van der Waals surface area contributed by atoms with Crippen LogP contribution in [-0.2, 0) is 4.79 Å². The first-order valence-corrected chi connectivity index (χ1v) is 10.4. The van der Waals surface area contributed by atoms with Crippen molar-refractivity contribution in [2.75, 3.05) is 11.9 Å². The molecular formula is C23H15BrClN3O4. The first kappa shape index (κ1) is 23.0. The molecule has 0 heterocycles. The van der Waals surface area contributed by atoms with Crippen LogP contribution in [0.5, 0.6) is 5.75 Å². The number of ether oxygens (including phenoxy) is 1. The number of para-hydroxylation sites is 1. The average molecular weight is 513 g/mol. The number of carbonyl (C=O) groups excluding carboxylic acids is 1. The van der Waals surface area contributed by atoms with Gasteiger partial charge in [-0.1, -0.05) is 29.8 Å². The third-order valence-electron chi connectivity index (χ3n) is 4.28. The summed E-state index contributed by atoms with van der Waals surface area (Å²) in [5, 5.41) is 23.4. The summed E-state index contributed by atoms with van der Waals surface area (Å²) in [4.78, 5) is 22.4. The summed E-state index contributed by atoms with van der Waals surface area (Å²) in [5.74, 6) is 0.0872. The molecule has 0 saturated carbocycles. The van der Waals surface area contributed by atoms with Gasteiger partial charge in [0.25, 0.3) is 11.6 Å². The third-order valence-corrected chi connectivity index (χ3v) is 5.23. The lowest BCUT2D eigenvalue weighted by Crippen LogP contribution is -2.20. The Morgan fingerprint density at radius 1 is 1.19 bits per heavy atom. The molecule has 3 aromatic rings. The van der Waals surface area contributed by atoms with Crippen LogP contribution >= 0.6 is 27.5 Å². The zero-order valence-electron chi connectivity index (χ0n) is 16.4. The SMILES string of the molecule is N#C/C(=C\c1ccc(OCC(=O)Nc2ccccc2Cl)c(Br)c1)c1ccc([N+](=O)[O-])cc1. The molecule has 0 bridgehead atoms. The minimum absolute atomic E-state index is 0.0474. The van der Waals surface area contributed by atoms with Crippen LogP contribution in [-0.4, -0.2) is 17.4 Å². The molecule has 0 aliphatic heterocycles. The molecule has 160 valence electrons. The van der Waals surface area contributed by atoms with E-state index in [1.54, 1.807) is 48.5 Å². The van der Waals surface area contributed by atoms with Gasteiger partial charge in [0.15, 0.2) is 6.61 Å². The second-order valence-corrected chi connectivity index (χ2v) is 7.74. The Bertz CT molecular complexity index is 1240. The zero-order chi connectivity index (χ0) is 23.1. The first-order valence-electron chi connectivity index (χ1n) is 9.20. The number of nitrogens with one attached hydrogen (secondary N) is 1. The second-order valence-electron chi connectivity index (χ2n) is 6.48. The van der Waals surface area contributed by atoms with Crippen LogP contribution in [0.4, 0.5) is 11.4 Å². The molecule has 0 fully saturated rings. The van der Waals surface area contributed by atoms with Gasteiger partial charge in [-0.25, -0.2) is 0 Å². The Labute approximate surface area is 197 Å². The van der Waals surface area contributed by atoms with E-state index in [1.807, 2.05) is 0 Å². The number of nitro benzene ring substituents is 1. The van der Waals surface area contributed by atoms with Gasteiger partial charge in [-0.15, -0.1) is 0 Å². The molecule has 1 N–H and O–H groups in total. The summed E-state index contributed by atoms with van der Waals surface area (Å²) < 4.78 is 6.16. The number of hydrogen-bond acceptors (Lipinski definition) is 5. The van der Waals surface area contributed by atoms with Gasteiger partial charge in [0.05, 0.1) is 31.7 Å². The summed E-state index contributed by atoms with van der Waals surface area (Å²) in [6.45, 7) is -0.217. The highest BCUT2D eigenvalue weighted by atomic mass is 79.9. The smallest absolute Gasteiger partial charge is 0.269 e. The predicted octanol–water partition coefficient (Wildman–Crippen LogP) is 6.09. The number of nitriles is 1. The molecule has 0 radical (unpaired) electrons. The monoisotopic (exact) mass is 511 g/mol. The molecule has 9 heteroatoms. The molecule has 0 aliphatic carbocycles. The number of benzene rings is 3. The van der Waals surface area contributed by atoms with E-state index in [0.29, 0.717) is 37.6 Å². The fourth-order valence-electron chi connectivity index (χ4n) is 2.73. The number of allylic oxidation sites excluding steroid dienone is 1. The minimum atomic E-state index is -0.496. The van der Waals surface area contributed by atoms with Crippen LogP contribution in [0.3, 0.4) is 0 Å². The number of nitrogens with zero attached hydrogens (tertiary/aromatic N) is 2. The van der Waals surface area contributed by atoms with Crippen LogP contribution in [0.25, 0.3) is 11.6 Å². The number of nitro groups is 1. The third kappa shape index (κ3) is 5.94. The van der Waals surface area contributed by atoms with Gasteiger partial charge in [-0.3, -0.25) is 14.9 Å². The highest BCUT2D eigenvalue weighted by Gasteiger charge is 2.10. The lowest BCUT2D eigenvalue weighted by atomic mass is 10.0. The Hall–Kier alpha value is -3.67. The number of rotatable bonds is 7. The molecule has 0 spiro atoms. The van der Waals surface area contributed by atoms with Gasteiger partial charge < -0.3 is 10.1 Å². The lowest BCUT2D eigenvalue weighted by Gasteiger charge is -2.10. The van der Waals surface area contributed by atoms with Gasteiger partial charge in [0, 0.05) is 12.1 Å². The van der Waals surface area contributed by atoms with Crippen molar-refractivity contribution in [1.29, 1.82) is 5.26 Å². The molecule has 0 atom stereocenters. The molecule has 32 heavy (non-hydrogen) atoms. The first-order chi connectivity index (χ1) is 15.4. The molecular weight excluding hydrogens is 498 g/mol. The van der Waals surface area contributed by atoms with Gasteiger partial charge in [0.2, 0.25) is 0 Å². The zero-order valence-corrected chi connectivity index (χ0v) is 18.8. The second kappa shape index (κ2) is 10.6. The lowest BCUT2D eigenvalue weighted by molar-refractivity contribution is -0.384. The number of hydrogen-bond donors (Lipinski definition) is 1. The molecule has 0 unspecified atom stereocenters. The van der Waals surface area contributed by atoms with Crippen LogP contribution in [0.2, 0.25) is 5.02 Å². The number of halogens is 2. The van der Waals surface area contributed by atoms with Crippen LogP contribution < -0.4 is 10.1 Å². The molecule has 3 rings (SSSR count). The van der Waals surface area contributed by atoms with Crippen LogP contribution in [0.1, 0.15) is 11.1 Å². The highest BCUT2D eigenvalue weighted by Crippen LogP contribution is 2.28. The fourth-order valence-corrected chi connectivity index (χ4v) is 3.42. The van der Waals surface area contributed by atoms with E-state index >= 15 is 0 Å². The Balaban J connectivity index is 1.68. The standard InChI is InChI=1S/C23H15BrClN3O4/c24-19-12-15(11-17(13-26)16-6-8-18(9-7-16)28(30)31)5-10-22(19)32-14-23(29)27-21-4-2-1-3-20(21)25/h1-12H,14H2,(H,27,29)/b17-11+. The predicted molar refractivity (Wildman–Crippen MR) is 126 cm³/mol. The molecule has 0 aromatic heterocycles. The number of non-ortho nitro benzene ring substituents is 1. The van der Waals surface area contributed by atoms with E-state index in [2.05, 4.69) is 27.3 Å². The Morgan fingerprint density at radius 2 is 1.91 bits per heavy atom. The van der Waals surface area contributed by atoms with E-state index in [0.717, 1.165) is 0 Å². The summed E-state index contributed by atoms with van der Waals surface area (Å²) in [6.07, 6.45) is 1.65. The minimum Gasteiger partial charge on any atom is -0.483 e. The van der Waals surface area contributed by atoms with Gasteiger partial charge in [-0.2, -0.15) is 5.26 Å². The van der Waals surface area contributed by atoms with Crippen LogP contribution in [0, 0.1) is 21.4 Å². The van der Waals surface area contributed by atoms with Gasteiger partial charge in [0.1, 0.15) is 5.75 Å². The number of anilines is 1. The maximum absolute atomic E-state index is 12.1. The summed E-state index contributed by atoms with van der Waals surface area (Å²) >= 11 is 9.43. The van der Waals surface area contributed by atoms with E-state index < -0.39 is 4.92 Å². The molecule has 0 saturated heterocycles. The van der Waals surface area contributed by atoms with E-state index in [-0.39, 0.29) is 18.2 Å². The maximum Gasteiger partial charge on any atom is 0.269 e. The topological polar surface area (TPSA) is 105 Å². The fraction of sp³-hybridized carbons (Fsp3) is 0.0435. The molecule has 7 nitrogen and oxygen atoms in total.